The molecule has 0 unspecified atom stereocenters. The highest BCUT2D eigenvalue weighted by atomic mass is 32.2. The van der Waals surface area contributed by atoms with Crippen molar-refractivity contribution in [3.63, 3.8) is 0 Å². The van der Waals surface area contributed by atoms with Crippen LogP contribution in [0.2, 0.25) is 0 Å². The highest BCUT2D eigenvalue weighted by molar-refractivity contribution is 7.99. The quantitative estimate of drug-likeness (QED) is 0.537. The van der Waals surface area contributed by atoms with Gasteiger partial charge in [-0.1, -0.05) is 56.5 Å². The Morgan fingerprint density at radius 1 is 1.20 bits per heavy atom. The zero-order valence-electron chi connectivity index (χ0n) is 17.7. The monoisotopic (exact) mass is 427 g/mol. The fourth-order valence-corrected chi connectivity index (χ4v) is 5.11. The molecule has 0 aliphatic heterocycles. The van der Waals surface area contributed by atoms with Crippen molar-refractivity contribution in [2.24, 2.45) is 0 Å². The van der Waals surface area contributed by atoms with Gasteiger partial charge in [0.25, 0.3) is 5.56 Å². The largest absolute Gasteiger partial charge is 0.342 e. The molecule has 1 fully saturated rings. The molecule has 0 radical (unpaired) electrons. The predicted molar refractivity (Wildman–Crippen MR) is 120 cm³/mol. The molecule has 7 nitrogen and oxygen atoms in total. The molecule has 0 bridgehead atoms. The van der Waals surface area contributed by atoms with Gasteiger partial charge in [0.05, 0.1) is 16.7 Å². The van der Waals surface area contributed by atoms with Gasteiger partial charge in [0.2, 0.25) is 11.7 Å². The molecule has 1 aliphatic rings. The summed E-state index contributed by atoms with van der Waals surface area (Å²) in [6.45, 7) is 2.71. The number of carbonyl (C=O) groups excluding carboxylic acids is 1. The minimum absolute atomic E-state index is 0.0383. The Morgan fingerprint density at radius 2 is 1.97 bits per heavy atom. The molecule has 160 valence electrons. The predicted octanol–water partition coefficient (Wildman–Crippen LogP) is 3.73. The van der Waals surface area contributed by atoms with Gasteiger partial charge in [-0.25, -0.2) is 0 Å². The first-order valence-corrected chi connectivity index (χ1v) is 11.9. The fraction of sp³-hybridized carbons (Fsp3) is 0.545. The average molecular weight is 428 g/mol. The number of hydrogen-bond acceptors (Lipinski definition) is 5. The van der Waals surface area contributed by atoms with Crippen LogP contribution >= 0.6 is 11.8 Å². The molecule has 2 heterocycles. The Labute approximate surface area is 180 Å². The third-order valence-electron chi connectivity index (χ3n) is 6.05. The molecular formula is C22H29N5O2S. The van der Waals surface area contributed by atoms with Crippen LogP contribution in [-0.2, 0) is 11.3 Å². The van der Waals surface area contributed by atoms with Crippen LogP contribution in [0.15, 0.2) is 34.2 Å². The third kappa shape index (κ3) is 3.97. The van der Waals surface area contributed by atoms with E-state index in [0.717, 1.165) is 31.2 Å². The van der Waals surface area contributed by atoms with Crippen LogP contribution in [0.3, 0.4) is 0 Å². The lowest BCUT2D eigenvalue weighted by atomic mass is 9.94. The summed E-state index contributed by atoms with van der Waals surface area (Å²) in [4.78, 5) is 27.7. The topological polar surface area (TPSA) is 72.5 Å². The maximum Gasteiger partial charge on any atom is 0.262 e. The van der Waals surface area contributed by atoms with Crippen molar-refractivity contribution in [1.82, 2.24) is 24.1 Å². The fourth-order valence-electron chi connectivity index (χ4n) is 4.24. The maximum atomic E-state index is 13.0. The number of rotatable bonds is 7. The first kappa shape index (κ1) is 20.9. The minimum atomic E-state index is -0.0383. The minimum Gasteiger partial charge on any atom is -0.342 e. The summed E-state index contributed by atoms with van der Waals surface area (Å²) < 4.78 is 3.63. The smallest absolute Gasteiger partial charge is 0.262 e. The maximum absolute atomic E-state index is 13.0. The lowest BCUT2D eigenvalue weighted by molar-refractivity contribution is -0.129. The Bertz CT molecular complexity index is 1100. The van der Waals surface area contributed by atoms with E-state index in [2.05, 4.69) is 17.1 Å². The summed E-state index contributed by atoms with van der Waals surface area (Å²) in [5.74, 6) is 0.978. The van der Waals surface area contributed by atoms with E-state index < -0.39 is 0 Å². The van der Waals surface area contributed by atoms with E-state index in [1.807, 2.05) is 40.6 Å². The molecule has 0 N–H and O–H groups in total. The number of para-hydroxylation sites is 1. The van der Waals surface area contributed by atoms with Crippen molar-refractivity contribution < 1.29 is 4.79 Å². The number of thioether (sulfide) groups is 1. The molecule has 2 aromatic heterocycles. The molecule has 1 aromatic carbocycles. The highest BCUT2D eigenvalue weighted by Gasteiger charge is 2.23. The Balaban J connectivity index is 1.64. The second-order valence-corrected chi connectivity index (χ2v) is 8.97. The molecule has 0 saturated heterocycles. The van der Waals surface area contributed by atoms with Gasteiger partial charge in [0.1, 0.15) is 0 Å². The summed E-state index contributed by atoms with van der Waals surface area (Å²) in [5, 5.41) is 9.97. The molecule has 1 saturated carbocycles. The van der Waals surface area contributed by atoms with E-state index in [-0.39, 0.29) is 11.5 Å². The van der Waals surface area contributed by atoms with Crippen LogP contribution in [0.4, 0.5) is 0 Å². The van der Waals surface area contributed by atoms with Gasteiger partial charge >= 0.3 is 0 Å². The summed E-state index contributed by atoms with van der Waals surface area (Å²) in [6.07, 6.45) is 7.74. The summed E-state index contributed by atoms with van der Waals surface area (Å²) in [5.41, 5.74) is 0.745. The lowest BCUT2D eigenvalue weighted by Crippen LogP contribution is -2.39. The first-order chi connectivity index (χ1) is 14.6. The van der Waals surface area contributed by atoms with Crippen molar-refractivity contribution in [3.05, 3.63) is 34.6 Å². The van der Waals surface area contributed by atoms with Crippen LogP contribution in [0.25, 0.3) is 16.7 Å². The second-order valence-electron chi connectivity index (χ2n) is 8.03. The molecule has 30 heavy (non-hydrogen) atoms. The summed E-state index contributed by atoms with van der Waals surface area (Å²) in [7, 11) is 1.92. The van der Waals surface area contributed by atoms with E-state index in [9.17, 15) is 9.59 Å². The van der Waals surface area contributed by atoms with Gasteiger partial charge in [-0.15, -0.1) is 10.2 Å². The van der Waals surface area contributed by atoms with E-state index in [4.69, 9.17) is 0 Å². The standard InChI is InChI=1S/C22H29N5O2S/c1-3-4-14-26-20(29)17-12-8-9-13-18(17)27-21(26)23-24-22(27)30-15-19(28)25(2)16-10-6-5-7-11-16/h8-9,12-13,16H,3-7,10-11,14-15H2,1-2H3. The Morgan fingerprint density at radius 3 is 2.73 bits per heavy atom. The zero-order chi connectivity index (χ0) is 21.1. The number of benzene rings is 1. The molecule has 1 aliphatic carbocycles. The molecular weight excluding hydrogens is 398 g/mol. The first-order valence-electron chi connectivity index (χ1n) is 10.9. The number of aromatic nitrogens is 4. The van der Waals surface area contributed by atoms with Crippen LogP contribution in [0.1, 0.15) is 51.9 Å². The molecule has 1 amide bonds. The van der Waals surface area contributed by atoms with Gasteiger partial charge in [-0.05, 0) is 31.4 Å². The molecule has 0 atom stereocenters. The molecule has 4 rings (SSSR count). The molecule has 0 spiro atoms. The number of carbonyl (C=O) groups is 1. The number of fused-ring (bicyclic) bond motifs is 3. The normalized spacial score (nSPS) is 15.1. The lowest BCUT2D eigenvalue weighted by Gasteiger charge is -2.31. The number of unbranched alkanes of at least 4 members (excludes halogenated alkanes) is 1. The van der Waals surface area contributed by atoms with Gasteiger partial charge in [0, 0.05) is 19.6 Å². The third-order valence-corrected chi connectivity index (χ3v) is 6.97. The Hall–Kier alpha value is -2.35. The van der Waals surface area contributed by atoms with Gasteiger partial charge in [0.15, 0.2) is 5.16 Å². The van der Waals surface area contributed by atoms with Crippen molar-refractivity contribution in [2.75, 3.05) is 12.8 Å². The SMILES string of the molecule is CCCCn1c(=O)c2ccccc2n2c(SCC(=O)N(C)C3CCCCC3)nnc12. The molecule has 8 heteroatoms. The highest BCUT2D eigenvalue weighted by Crippen LogP contribution is 2.25. The van der Waals surface area contributed by atoms with E-state index >= 15 is 0 Å². The van der Waals surface area contributed by atoms with Gasteiger partial charge in [-0.2, -0.15) is 0 Å². The van der Waals surface area contributed by atoms with Crippen molar-refractivity contribution in [3.8, 4) is 0 Å². The van der Waals surface area contributed by atoms with Crippen molar-refractivity contribution in [1.29, 1.82) is 0 Å². The van der Waals surface area contributed by atoms with Crippen LogP contribution in [0, 0.1) is 0 Å². The van der Waals surface area contributed by atoms with Crippen molar-refractivity contribution in [2.45, 2.75) is 69.6 Å². The van der Waals surface area contributed by atoms with Crippen molar-refractivity contribution >= 4 is 34.3 Å². The van der Waals surface area contributed by atoms with Crippen LogP contribution < -0.4 is 5.56 Å². The summed E-state index contributed by atoms with van der Waals surface area (Å²) in [6, 6.07) is 7.89. The number of amides is 1. The average Bonchev–Trinajstić information content (AvgIpc) is 3.21. The van der Waals surface area contributed by atoms with E-state index in [1.54, 1.807) is 4.57 Å². The summed E-state index contributed by atoms with van der Waals surface area (Å²) >= 11 is 1.39. The van der Waals surface area contributed by atoms with Crippen LogP contribution in [-0.4, -0.2) is 48.8 Å². The number of aryl methyl sites for hydroxylation is 1. The Kier molecular flexibility index (Phi) is 6.41. The van der Waals surface area contributed by atoms with Gasteiger partial charge < -0.3 is 4.90 Å². The van der Waals surface area contributed by atoms with E-state index in [1.165, 1.54) is 31.0 Å². The van der Waals surface area contributed by atoms with Gasteiger partial charge in [-0.3, -0.25) is 18.6 Å². The number of hydrogen-bond donors (Lipinski definition) is 0. The molecule has 3 aromatic rings. The number of nitrogens with zero attached hydrogens (tertiary/aromatic N) is 5. The van der Waals surface area contributed by atoms with Crippen LogP contribution in [0.5, 0.6) is 0 Å². The van der Waals surface area contributed by atoms with E-state index in [0.29, 0.717) is 34.7 Å². The zero-order valence-corrected chi connectivity index (χ0v) is 18.5. The second kappa shape index (κ2) is 9.20.